The molecular weight excluding hydrogens is 383 g/mol. The molecule has 30 heavy (non-hydrogen) atoms. The lowest BCUT2D eigenvalue weighted by Gasteiger charge is -2.15. The molecule has 6 nitrogen and oxygen atoms in total. The van der Waals surface area contributed by atoms with Crippen molar-refractivity contribution in [2.24, 2.45) is 0 Å². The van der Waals surface area contributed by atoms with Gasteiger partial charge in [-0.25, -0.2) is 4.39 Å². The van der Waals surface area contributed by atoms with Gasteiger partial charge in [-0.3, -0.25) is 4.79 Å². The van der Waals surface area contributed by atoms with Crippen LogP contribution >= 0.6 is 0 Å². The van der Waals surface area contributed by atoms with Crippen molar-refractivity contribution in [2.45, 2.75) is 25.8 Å². The summed E-state index contributed by atoms with van der Waals surface area (Å²) in [5, 5.41) is 7.56. The van der Waals surface area contributed by atoms with Gasteiger partial charge in [-0.05, 0) is 41.8 Å². The van der Waals surface area contributed by atoms with Gasteiger partial charge < -0.3 is 9.73 Å². The SMILES string of the molecule is CC[C@@H](C(=O)n1nc(-c2ccco2)nc1NCc1ccc(F)cc1)c1ccccc1. The predicted octanol–water partition coefficient (Wildman–Crippen LogP) is 5.12. The Morgan fingerprint density at radius 2 is 1.87 bits per heavy atom. The molecule has 0 spiro atoms. The van der Waals surface area contributed by atoms with Gasteiger partial charge in [0.05, 0.1) is 12.2 Å². The number of nitrogens with one attached hydrogen (secondary N) is 1. The van der Waals surface area contributed by atoms with E-state index in [1.165, 1.54) is 23.1 Å². The van der Waals surface area contributed by atoms with Crippen LogP contribution in [0.3, 0.4) is 0 Å². The summed E-state index contributed by atoms with van der Waals surface area (Å²) in [5.41, 5.74) is 1.78. The molecule has 0 aliphatic carbocycles. The number of benzene rings is 2. The van der Waals surface area contributed by atoms with Gasteiger partial charge >= 0.3 is 0 Å². The molecule has 2 heterocycles. The van der Waals surface area contributed by atoms with Crippen molar-refractivity contribution in [3.63, 3.8) is 0 Å². The van der Waals surface area contributed by atoms with E-state index in [9.17, 15) is 9.18 Å². The van der Waals surface area contributed by atoms with E-state index in [0.717, 1.165) is 11.1 Å². The van der Waals surface area contributed by atoms with E-state index < -0.39 is 0 Å². The van der Waals surface area contributed by atoms with Gasteiger partial charge in [0.1, 0.15) is 5.82 Å². The zero-order valence-electron chi connectivity index (χ0n) is 16.5. The van der Waals surface area contributed by atoms with Gasteiger partial charge in [-0.15, -0.1) is 5.10 Å². The molecule has 152 valence electrons. The Morgan fingerprint density at radius 3 is 2.53 bits per heavy atom. The van der Waals surface area contributed by atoms with E-state index in [-0.39, 0.29) is 17.6 Å². The fourth-order valence-corrected chi connectivity index (χ4v) is 3.26. The lowest BCUT2D eigenvalue weighted by atomic mass is 9.96. The highest BCUT2D eigenvalue weighted by Crippen LogP contribution is 2.25. The summed E-state index contributed by atoms with van der Waals surface area (Å²) < 4.78 is 19.9. The summed E-state index contributed by atoms with van der Waals surface area (Å²) in [5.74, 6) is 0.257. The van der Waals surface area contributed by atoms with Gasteiger partial charge in [0.15, 0.2) is 5.76 Å². The minimum atomic E-state index is -0.358. The third-order valence-corrected chi connectivity index (χ3v) is 4.83. The quantitative estimate of drug-likeness (QED) is 0.463. The molecule has 0 radical (unpaired) electrons. The molecule has 2 aromatic heterocycles. The second-order valence-corrected chi connectivity index (χ2v) is 6.84. The van der Waals surface area contributed by atoms with Crippen LogP contribution in [0.1, 0.15) is 35.2 Å². The maximum absolute atomic E-state index is 13.4. The summed E-state index contributed by atoms with van der Waals surface area (Å²) >= 11 is 0. The highest BCUT2D eigenvalue weighted by molar-refractivity contribution is 5.87. The molecule has 0 unspecified atom stereocenters. The first kappa shape index (κ1) is 19.6. The molecule has 0 saturated carbocycles. The lowest BCUT2D eigenvalue weighted by molar-refractivity contribution is 0.0861. The van der Waals surface area contributed by atoms with Gasteiger partial charge in [-0.1, -0.05) is 49.4 Å². The summed E-state index contributed by atoms with van der Waals surface area (Å²) in [6, 6.07) is 19.2. The molecule has 1 N–H and O–H groups in total. The number of aromatic nitrogens is 3. The molecular formula is C23H21FN4O2. The summed E-state index contributed by atoms with van der Waals surface area (Å²) in [7, 11) is 0. The van der Waals surface area contributed by atoms with E-state index in [4.69, 9.17) is 4.42 Å². The molecule has 4 rings (SSSR count). The summed E-state index contributed by atoms with van der Waals surface area (Å²) in [6.45, 7) is 2.33. The number of nitrogens with zero attached hydrogens (tertiary/aromatic N) is 3. The average molecular weight is 404 g/mol. The first-order chi connectivity index (χ1) is 14.7. The van der Waals surface area contributed by atoms with Crippen molar-refractivity contribution in [1.29, 1.82) is 0 Å². The lowest BCUT2D eigenvalue weighted by Crippen LogP contribution is -2.23. The monoisotopic (exact) mass is 404 g/mol. The van der Waals surface area contributed by atoms with Gasteiger partial charge in [0, 0.05) is 6.54 Å². The Labute approximate surface area is 173 Å². The molecule has 0 fully saturated rings. The van der Waals surface area contributed by atoms with Crippen LogP contribution in [0.25, 0.3) is 11.6 Å². The first-order valence-corrected chi connectivity index (χ1v) is 9.74. The number of halogens is 1. The van der Waals surface area contributed by atoms with Crippen molar-refractivity contribution in [2.75, 3.05) is 5.32 Å². The number of carbonyl (C=O) groups excluding carboxylic acids is 1. The van der Waals surface area contributed by atoms with Crippen molar-refractivity contribution in [1.82, 2.24) is 14.8 Å². The van der Waals surface area contributed by atoms with E-state index in [0.29, 0.717) is 30.5 Å². The Balaban J connectivity index is 1.66. The van der Waals surface area contributed by atoms with Gasteiger partial charge in [0.2, 0.25) is 11.8 Å². The minimum Gasteiger partial charge on any atom is -0.461 e. The molecule has 4 aromatic rings. The predicted molar refractivity (Wildman–Crippen MR) is 112 cm³/mol. The van der Waals surface area contributed by atoms with E-state index in [1.54, 1.807) is 24.3 Å². The van der Waals surface area contributed by atoms with Crippen molar-refractivity contribution < 1.29 is 13.6 Å². The number of hydrogen-bond acceptors (Lipinski definition) is 5. The fraction of sp³-hybridized carbons (Fsp3) is 0.174. The number of furan rings is 1. The second-order valence-electron chi connectivity index (χ2n) is 6.84. The van der Waals surface area contributed by atoms with E-state index >= 15 is 0 Å². The number of anilines is 1. The third-order valence-electron chi connectivity index (χ3n) is 4.83. The maximum Gasteiger partial charge on any atom is 0.257 e. The van der Waals surface area contributed by atoms with Crippen LogP contribution in [-0.2, 0) is 6.54 Å². The molecule has 0 aliphatic heterocycles. The van der Waals surface area contributed by atoms with Gasteiger partial charge in [-0.2, -0.15) is 9.67 Å². The molecule has 7 heteroatoms. The van der Waals surface area contributed by atoms with Gasteiger partial charge in [0.25, 0.3) is 5.91 Å². The van der Waals surface area contributed by atoms with Crippen LogP contribution < -0.4 is 5.32 Å². The largest absolute Gasteiger partial charge is 0.461 e. The molecule has 2 aromatic carbocycles. The molecule has 0 bridgehead atoms. The molecule has 0 saturated heterocycles. The maximum atomic E-state index is 13.4. The van der Waals surface area contributed by atoms with Crippen LogP contribution in [0.5, 0.6) is 0 Å². The molecule has 0 amide bonds. The highest BCUT2D eigenvalue weighted by Gasteiger charge is 2.26. The zero-order valence-corrected chi connectivity index (χ0v) is 16.5. The van der Waals surface area contributed by atoms with E-state index in [1.807, 2.05) is 37.3 Å². The summed E-state index contributed by atoms with van der Waals surface area (Å²) in [4.78, 5) is 17.8. The topological polar surface area (TPSA) is 73.0 Å². The molecule has 1 atom stereocenters. The minimum absolute atomic E-state index is 0.185. The van der Waals surface area contributed by atoms with Crippen LogP contribution in [0.15, 0.2) is 77.4 Å². The Kier molecular flexibility index (Phi) is 5.70. The van der Waals surface area contributed by atoms with Crippen LogP contribution in [0, 0.1) is 5.82 Å². The Morgan fingerprint density at radius 1 is 1.10 bits per heavy atom. The first-order valence-electron chi connectivity index (χ1n) is 9.74. The number of carbonyl (C=O) groups is 1. The smallest absolute Gasteiger partial charge is 0.257 e. The standard InChI is InChI=1S/C23H21FN4O2/c1-2-19(17-7-4-3-5-8-17)22(29)28-23(25-15-16-10-12-18(24)13-11-16)26-21(27-28)20-9-6-14-30-20/h3-14,19H,2,15H2,1H3,(H,25,26,27)/t19-/m1/s1. The average Bonchev–Trinajstić information content (AvgIpc) is 3.44. The van der Waals surface area contributed by atoms with Crippen LogP contribution in [-0.4, -0.2) is 20.7 Å². The Bertz CT molecular complexity index is 1110. The normalized spacial score (nSPS) is 11.9. The van der Waals surface area contributed by atoms with Crippen molar-refractivity contribution in [3.05, 3.63) is 89.9 Å². The van der Waals surface area contributed by atoms with Crippen molar-refractivity contribution >= 4 is 11.9 Å². The van der Waals surface area contributed by atoms with Crippen molar-refractivity contribution in [3.8, 4) is 11.6 Å². The van der Waals surface area contributed by atoms with Crippen LogP contribution in [0.4, 0.5) is 10.3 Å². The summed E-state index contributed by atoms with van der Waals surface area (Å²) in [6.07, 6.45) is 2.15. The highest BCUT2D eigenvalue weighted by atomic mass is 19.1. The third kappa shape index (κ3) is 4.15. The van der Waals surface area contributed by atoms with Crippen LogP contribution in [0.2, 0.25) is 0 Å². The number of rotatable bonds is 7. The second kappa shape index (κ2) is 8.73. The zero-order chi connectivity index (χ0) is 20.9. The van der Waals surface area contributed by atoms with E-state index in [2.05, 4.69) is 15.4 Å². The molecule has 0 aliphatic rings. The number of hydrogen-bond donors (Lipinski definition) is 1. The Hall–Kier alpha value is -3.74. The fourth-order valence-electron chi connectivity index (χ4n) is 3.26.